The van der Waals surface area contributed by atoms with Crippen LogP contribution >= 0.6 is 27.3 Å². The van der Waals surface area contributed by atoms with E-state index in [2.05, 4.69) is 51.7 Å². The Kier molecular flexibility index (Phi) is 6.35. The van der Waals surface area contributed by atoms with Crippen LogP contribution in [0.3, 0.4) is 0 Å². The van der Waals surface area contributed by atoms with E-state index >= 15 is 0 Å². The minimum atomic E-state index is 1.09. The lowest BCUT2D eigenvalue weighted by Gasteiger charge is -2.02. The molecule has 1 heterocycles. The third kappa shape index (κ3) is 4.30. The first-order valence-electron chi connectivity index (χ1n) is 7.18. The number of rotatable bonds is 8. The third-order valence-electron chi connectivity index (χ3n) is 3.43. The molecule has 0 fully saturated rings. The van der Waals surface area contributed by atoms with Crippen LogP contribution in [0.25, 0.3) is 10.1 Å². The highest BCUT2D eigenvalue weighted by Gasteiger charge is 2.05. The van der Waals surface area contributed by atoms with Crippen LogP contribution in [0.2, 0.25) is 0 Å². The molecule has 2 rings (SSSR count). The standard InChI is InChI=1S/C16H22BrNS/c1-2-18-11-6-4-3-5-8-13-12-19-16-14(13)9-7-10-15(16)17/h7,9-10,12,18H,2-6,8,11H2,1H3. The third-order valence-corrected chi connectivity index (χ3v) is 5.43. The molecule has 0 amide bonds. The van der Waals surface area contributed by atoms with E-state index in [1.54, 1.807) is 0 Å². The van der Waals surface area contributed by atoms with Crippen LogP contribution in [-0.2, 0) is 6.42 Å². The Bertz CT molecular complexity index is 506. The van der Waals surface area contributed by atoms with E-state index in [1.165, 1.54) is 58.8 Å². The Morgan fingerprint density at radius 1 is 1.16 bits per heavy atom. The van der Waals surface area contributed by atoms with Gasteiger partial charge in [0.05, 0.1) is 0 Å². The van der Waals surface area contributed by atoms with Crippen molar-refractivity contribution in [3.63, 3.8) is 0 Å². The van der Waals surface area contributed by atoms with Crippen molar-refractivity contribution in [2.75, 3.05) is 13.1 Å². The first-order valence-corrected chi connectivity index (χ1v) is 8.85. The van der Waals surface area contributed by atoms with Crippen LogP contribution in [0.4, 0.5) is 0 Å². The number of thiophene rings is 1. The number of fused-ring (bicyclic) bond motifs is 1. The van der Waals surface area contributed by atoms with Gasteiger partial charge in [0.2, 0.25) is 0 Å². The summed E-state index contributed by atoms with van der Waals surface area (Å²) in [7, 11) is 0. The normalized spacial score (nSPS) is 11.3. The molecule has 3 heteroatoms. The van der Waals surface area contributed by atoms with Crippen molar-refractivity contribution in [3.05, 3.63) is 33.6 Å². The second kappa shape index (κ2) is 8.03. The molecule has 0 bridgehead atoms. The summed E-state index contributed by atoms with van der Waals surface area (Å²) < 4.78 is 2.62. The van der Waals surface area contributed by atoms with E-state index in [9.17, 15) is 0 Å². The molecular formula is C16H22BrNS. The van der Waals surface area contributed by atoms with Crippen molar-refractivity contribution in [1.82, 2.24) is 5.32 Å². The molecule has 1 nitrogen and oxygen atoms in total. The first kappa shape index (κ1) is 15.0. The molecule has 1 aromatic heterocycles. The lowest BCUT2D eigenvalue weighted by Crippen LogP contribution is -2.13. The molecule has 1 aromatic carbocycles. The number of nitrogens with one attached hydrogen (secondary N) is 1. The van der Waals surface area contributed by atoms with E-state index in [-0.39, 0.29) is 0 Å². The van der Waals surface area contributed by atoms with Gasteiger partial charge >= 0.3 is 0 Å². The largest absolute Gasteiger partial charge is 0.317 e. The van der Waals surface area contributed by atoms with Crippen LogP contribution in [0.15, 0.2) is 28.1 Å². The monoisotopic (exact) mass is 339 g/mol. The van der Waals surface area contributed by atoms with Gasteiger partial charge in [-0.15, -0.1) is 11.3 Å². The van der Waals surface area contributed by atoms with E-state index in [0.717, 1.165) is 6.54 Å². The highest BCUT2D eigenvalue weighted by Crippen LogP contribution is 2.32. The summed E-state index contributed by atoms with van der Waals surface area (Å²) in [5, 5.41) is 7.14. The number of halogens is 1. The predicted molar refractivity (Wildman–Crippen MR) is 90.2 cm³/mol. The van der Waals surface area contributed by atoms with Gasteiger partial charge in [0, 0.05) is 9.17 Å². The molecule has 0 spiro atoms. The van der Waals surface area contributed by atoms with Crippen LogP contribution < -0.4 is 5.32 Å². The van der Waals surface area contributed by atoms with Gasteiger partial charge in [0.1, 0.15) is 0 Å². The summed E-state index contributed by atoms with van der Waals surface area (Å²) in [5.41, 5.74) is 1.52. The lowest BCUT2D eigenvalue weighted by molar-refractivity contribution is 0.599. The Hall–Kier alpha value is -0.380. The van der Waals surface area contributed by atoms with Gasteiger partial charge in [-0.25, -0.2) is 0 Å². The summed E-state index contributed by atoms with van der Waals surface area (Å²) >= 11 is 5.49. The fourth-order valence-electron chi connectivity index (χ4n) is 2.36. The zero-order chi connectivity index (χ0) is 13.5. The van der Waals surface area contributed by atoms with E-state index < -0.39 is 0 Å². The smallest absolute Gasteiger partial charge is 0.0487 e. The molecule has 0 atom stereocenters. The summed E-state index contributed by atoms with van der Waals surface area (Å²) in [6.07, 6.45) is 6.53. The number of hydrogen-bond acceptors (Lipinski definition) is 2. The lowest BCUT2D eigenvalue weighted by atomic mass is 10.1. The maximum atomic E-state index is 3.63. The van der Waals surface area contributed by atoms with Gasteiger partial charge in [0.15, 0.2) is 0 Å². The van der Waals surface area contributed by atoms with Gasteiger partial charge in [-0.2, -0.15) is 0 Å². The first-order chi connectivity index (χ1) is 9.33. The summed E-state index contributed by atoms with van der Waals surface area (Å²) in [4.78, 5) is 0. The molecule has 104 valence electrons. The van der Waals surface area contributed by atoms with Crippen molar-refractivity contribution in [3.8, 4) is 0 Å². The molecule has 0 radical (unpaired) electrons. The van der Waals surface area contributed by atoms with Crippen molar-refractivity contribution < 1.29 is 0 Å². The summed E-state index contributed by atoms with van der Waals surface area (Å²) in [6, 6.07) is 6.51. The molecule has 19 heavy (non-hydrogen) atoms. The number of aryl methyl sites for hydroxylation is 1. The number of benzene rings is 1. The minimum Gasteiger partial charge on any atom is -0.317 e. The fraction of sp³-hybridized carbons (Fsp3) is 0.500. The quantitative estimate of drug-likeness (QED) is 0.637. The zero-order valence-corrected chi connectivity index (χ0v) is 13.9. The maximum absolute atomic E-state index is 3.63. The fourth-order valence-corrected chi connectivity index (χ4v) is 4.02. The average Bonchev–Trinajstić information content (AvgIpc) is 2.83. The minimum absolute atomic E-state index is 1.09. The van der Waals surface area contributed by atoms with Crippen LogP contribution in [-0.4, -0.2) is 13.1 Å². The number of unbranched alkanes of at least 4 members (excludes halogenated alkanes) is 3. The highest BCUT2D eigenvalue weighted by atomic mass is 79.9. The van der Waals surface area contributed by atoms with Crippen molar-refractivity contribution in [2.45, 2.75) is 39.0 Å². The molecule has 0 aliphatic carbocycles. The van der Waals surface area contributed by atoms with Crippen LogP contribution in [0.5, 0.6) is 0 Å². The highest BCUT2D eigenvalue weighted by molar-refractivity contribution is 9.10. The molecule has 0 saturated carbocycles. The average molecular weight is 340 g/mol. The van der Waals surface area contributed by atoms with Crippen molar-refractivity contribution >= 4 is 37.4 Å². The SMILES string of the molecule is CCNCCCCCCc1csc2c(Br)cccc12. The van der Waals surface area contributed by atoms with E-state index in [1.807, 2.05) is 11.3 Å². The molecule has 2 aromatic rings. The van der Waals surface area contributed by atoms with Gasteiger partial charge < -0.3 is 5.32 Å². The summed E-state index contributed by atoms with van der Waals surface area (Å²) in [5.74, 6) is 0. The maximum Gasteiger partial charge on any atom is 0.0487 e. The van der Waals surface area contributed by atoms with Gasteiger partial charge in [-0.1, -0.05) is 31.9 Å². The van der Waals surface area contributed by atoms with Crippen molar-refractivity contribution in [1.29, 1.82) is 0 Å². The van der Waals surface area contributed by atoms with Crippen LogP contribution in [0, 0.1) is 0 Å². The Balaban J connectivity index is 1.77. The van der Waals surface area contributed by atoms with Gasteiger partial charge in [0.25, 0.3) is 0 Å². The van der Waals surface area contributed by atoms with E-state index in [4.69, 9.17) is 0 Å². The molecular weight excluding hydrogens is 318 g/mol. The second-order valence-corrected chi connectivity index (χ2v) is 6.63. The molecule has 0 saturated heterocycles. The topological polar surface area (TPSA) is 12.0 Å². The Morgan fingerprint density at radius 3 is 2.84 bits per heavy atom. The van der Waals surface area contributed by atoms with Gasteiger partial charge in [-0.05, 0) is 70.7 Å². The molecule has 0 unspecified atom stereocenters. The molecule has 0 aliphatic heterocycles. The van der Waals surface area contributed by atoms with E-state index in [0.29, 0.717) is 0 Å². The zero-order valence-electron chi connectivity index (χ0n) is 11.5. The Labute approximate surface area is 128 Å². The van der Waals surface area contributed by atoms with Crippen molar-refractivity contribution in [2.24, 2.45) is 0 Å². The van der Waals surface area contributed by atoms with Gasteiger partial charge in [-0.3, -0.25) is 0 Å². The van der Waals surface area contributed by atoms with Crippen LogP contribution in [0.1, 0.15) is 38.2 Å². The molecule has 0 aliphatic rings. The number of hydrogen-bond donors (Lipinski definition) is 1. The predicted octanol–water partition coefficient (Wildman–Crippen LogP) is 5.38. The Morgan fingerprint density at radius 2 is 2.00 bits per heavy atom. The summed E-state index contributed by atoms with van der Waals surface area (Å²) in [6.45, 7) is 4.43. The molecule has 1 N–H and O–H groups in total. The second-order valence-electron chi connectivity index (χ2n) is 4.90.